The van der Waals surface area contributed by atoms with Crippen LogP contribution in [0.2, 0.25) is 5.02 Å². The highest BCUT2D eigenvalue weighted by Crippen LogP contribution is 2.33. The number of alkyl halides is 3. The maximum atomic E-state index is 12.6. The number of nitrogens with one attached hydrogen (secondary N) is 2. The number of halogens is 4. The van der Waals surface area contributed by atoms with Crippen LogP contribution in [0.5, 0.6) is 0 Å². The van der Waals surface area contributed by atoms with Crippen molar-refractivity contribution < 1.29 is 22.7 Å². The second-order valence-electron chi connectivity index (χ2n) is 3.94. The van der Waals surface area contributed by atoms with E-state index >= 15 is 0 Å². The number of carbonyl (C=O) groups excluding carboxylic acids is 1. The van der Waals surface area contributed by atoms with Crippen molar-refractivity contribution >= 4 is 23.2 Å². The molecular formula is C12H14ClF3N2O2. The fraction of sp³-hybridized carbons (Fsp3) is 0.417. The largest absolute Gasteiger partial charge is 0.416 e. The zero-order valence-electron chi connectivity index (χ0n) is 10.7. The molecule has 0 saturated heterocycles. The van der Waals surface area contributed by atoms with Crippen molar-refractivity contribution in [1.29, 1.82) is 0 Å². The third-order valence-electron chi connectivity index (χ3n) is 2.28. The van der Waals surface area contributed by atoms with Gasteiger partial charge in [-0.3, -0.25) is 4.79 Å². The van der Waals surface area contributed by atoms with Crippen LogP contribution in [0.1, 0.15) is 5.56 Å². The van der Waals surface area contributed by atoms with E-state index in [1.165, 1.54) is 13.2 Å². The van der Waals surface area contributed by atoms with Gasteiger partial charge < -0.3 is 15.4 Å². The zero-order chi connectivity index (χ0) is 15.2. The average molecular weight is 311 g/mol. The van der Waals surface area contributed by atoms with Crippen LogP contribution in [0.3, 0.4) is 0 Å². The molecule has 0 spiro atoms. The molecule has 0 atom stereocenters. The minimum absolute atomic E-state index is 0.00312. The zero-order valence-corrected chi connectivity index (χ0v) is 11.4. The summed E-state index contributed by atoms with van der Waals surface area (Å²) in [7, 11) is 1.52. The molecule has 4 nitrogen and oxygen atoms in total. The number of methoxy groups -OCH3 is 1. The van der Waals surface area contributed by atoms with Gasteiger partial charge in [-0.25, -0.2) is 0 Å². The minimum Gasteiger partial charge on any atom is -0.383 e. The van der Waals surface area contributed by atoms with Gasteiger partial charge in [0.2, 0.25) is 5.91 Å². The summed E-state index contributed by atoms with van der Waals surface area (Å²) in [6, 6.07) is 2.89. The Kier molecular flexibility index (Phi) is 6.25. The second kappa shape index (κ2) is 7.47. The summed E-state index contributed by atoms with van der Waals surface area (Å²) in [6.07, 6.45) is -4.51. The van der Waals surface area contributed by atoms with Crippen molar-refractivity contribution in [2.45, 2.75) is 6.18 Å². The monoisotopic (exact) mass is 310 g/mol. The summed E-state index contributed by atoms with van der Waals surface area (Å²) < 4.78 is 42.5. The lowest BCUT2D eigenvalue weighted by Crippen LogP contribution is -2.30. The van der Waals surface area contributed by atoms with Gasteiger partial charge in [0, 0.05) is 24.4 Å². The van der Waals surface area contributed by atoms with Crippen LogP contribution >= 0.6 is 11.6 Å². The molecule has 1 aromatic carbocycles. The van der Waals surface area contributed by atoms with Crippen LogP contribution in [0.4, 0.5) is 18.9 Å². The first-order chi connectivity index (χ1) is 9.32. The highest BCUT2D eigenvalue weighted by Gasteiger charge is 2.31. The molecule has 0 aliphatic rings. The first kappa shape index (κ1) is 16.7. The summed E-state index contributed by atoms with van der Waals surface area (Å²) in [4.78, 5) is 11.5. The van der Waals surface area contributed by atoms with E-state index in [2.05, 4.69) is 10.6 Å². The fourth-order valence-corrected chi connectivity index (χ4v) is 1.64. The van der Waals surface area contributed by atoms with Crippen molar-refractivity contribution in [3.05, 3.63) is 28.8 Å². The van der Waals surface area contributed by atoms with Gasteiger partial charge >= 0.3 is 6.18 Å². The van der Waals surface area contributed by atoms with E-state index in [4.69, 9.17) is 16.3 Å². The van der Waals surface area contributed by atoms with E-state index in [1.807, 2.05) is 0 Å². The molecule has 0 unspecified atom stereocenters. The summed E-state index contributed by atoms with van der Waals surface area (Å²) in [5, 5.41) is 5.02. The van der Waals surface area contributed by atoms with Gasteiger partial charge in [0.05, 0.1) is 18.7 Å². The molecule has 20 heavy (non-hydrogen) atoms. The average Bonchev–Trinajstić information content (AvgIpc) is 2.33. The van der Waals surface area contributed by atoms with Gasteiger partial charge in [-0.15, -0.1) is 0 Å². The highest BCUT2D eigenvalue weighted by atomic mass is 35.5. The number of ether oxygens (including phenoxy) is 1. The SMILES string of the molecule is COCCNCC(=O)Nc1cc(Cl)cc(C(F)(F)F)c1. The van der Waals surface area contributed by atoms with Crippen LogP contribution in [-0.2, 0) is 15.7 Å². The molecule has 0 fully saturated rings. The third kappa shape index (κ3) is 5.77. The molecule has 0 radical (unpaired) electrons. The van der Waals surface area contributed by atoms with Gasteiger partial charge in [-0.2, -0.15) is 13.2 Å². The molecule has 0 aliphatic carbocycles. The van der Waals surface area contributed by atoms with Gasteiger partial charge in [0.15, 0.2) is 0 Å². The molecule has 0 saturated carbocycles. The van der Waals surface area contributed by atoms with Crippen LogP contribution < -0.4 is 10.6 Å². The van der Waals surface area contributed by atoms with Gasteiger partial charge in [0.1, 0.15) is 0 Å². The summed E-state index contributed by atoms with van der Waals surface area (Å²) in [5.74, 6) is -0.462. The van der Waals surface area contributed by atoms with E-state index < -0.39 is 17.6 Å². The smallest absolute Gasteiger partial charge is 0.383 e. The third-order valence-corrected chi connectivity index (χ3v) is 2.50. The predicted octanol–water partition coefficient (Wildman–Crippen LogP) is 2.53. The molecule has 1 rings (SSSR count). The molecule has 112 valence electrons. The summed E-state index contributed by atoms with van der Waals surface area (Å²) in [6.45, 7) is 0.868. The van der Waals surface area contributed by atoms with E-state index in [0.717, 1.165) is 12.1 Å². The standard InChI is InChI=1S/C12H14ClF3N2O2/c1-20-3-2-17-7-11(19)18-10-5-8(12(14,15)16)4-9(13)6-10/h4-6,17H,2-3,7H2,1H3,(H,18,19). The molecule has 0 aliphatic heterocycles. The number of hydrogen-bond donors (Lipinski definition) is 2. The van der Waals surface area contributed by atoms with Crippen LogP contribution in [0.15, 0.2) is 18.2 Å². The summed E-state index contributed by atoms with van der Waals surface area (Å²) in [5.41, 5.74) is -0.906. The van der Waals surface area contributed by atoms with Crippen molar-refractivity contribution in [1.82, 2.24) is 5.32 Å². The Bertz CT molecular complexity index is 467. The Morgan fingerprint density at radius 3 is 2.65 bits per heavy atom. The molecule has 2 N–H and O–H groups in total. The quantitative estimate of drug-likeness (QED) is 0.794. The highest BCUT2D eigenvalue weighted by molar-refractivity contribution is 6.31. The van der Waals surface area contributed by atoms with Crippen LogP contribution in [-0.4, -0.2) is 32.7 Å². The predicted molar refractivity (Wildman–Crippen MR) is 69.8 cm³/mol. The Morgan fingerprint density at radius 2 is 2.05 bits per heavy atom. The number of hydrogen-bond acceptors (Lipinski definition) is 3. The van der Waals surface area contributed by atoms with Crippen LogP contribution in [0.25, 0.3) is 0 Å². The maximum Gasteiger partial charge on any atom is 0.416 e. The lowest BCUT2D eigenvalue weighted by molar-refractivity contribution is -0.137. The molecule has 0 heterocycles. The Balaban J connectivity index is 2.63. The lowest BCUT2D eigenvalue weighted by atomic mass is 10.2. The van der Waals surface area contributed by atoms with Crippen molar-refractivity contribution in [3.8, 4) is 0 Å². The van der Waals surface area contributed by atoms with E-state index in [-0.39, 0.29) is 17.3 Å². The van der Waals surface area contributed by atoms with E-state index in [1.54, 1.807) is 0 Å². The number of anilines is 1. The summed E-state index contributed by atoms with van der Waals surface area (Å²) >= 11 is 5.60. The maximum absolute atomic E-state index is 12.6. The van der Waals surface area contributed by atoms with E-state index in [9.17, 15) is 18.0 Å². The number of carbonyl (C=O) groups is 1. The molecule has 8 heteroatoms. The topological polar surface area (TPSA) is 50.4 Å². The Hall–Kier alpha value is -1.31. The number of rotatable bonds is 6. The Morgan fingerprint density at radius 1 is 1.35 bits per heavy atom. The Labute approximate surface area is 119 Å². The first-order valence-corrected chi connectivity index (χ1v) is 6.08. The number of benzene rings is 1. The van der Waals surface area contributed by atoms with Crippen molar-refractivity contribution in [2.75, 3.05) is 32.1 Å². The molecule has 1 amide bonds. The molecular weight excluding hydrogens is 297 g/mol. The van der Waals surface area contributed by atoms with E-state index in [0.29, 0.717) is 13.2 Å². The lowest BCUT2D eigenvalue weighted by Gasteiger charge is -2.11. The number of amides is 1. The molecule has 0 bridgehead atoms. The van der Waals surface area contributed by atoms with Crippen molar-refractivity contribution in [2.24, 2.45) is 0 Å². The first-order valence-electron chi connectivity index (χ1n) is 5.70. The van der Waals surface area contributed by atoms with Gasteiger partial charge in [-0.1, -0.05) is 11.6 Å². The molecule has 0 aromatic heterocycles. The molecule has 1 aromatic rings. The van der Waals surface area contributed by atoms with Crippen LogP contribution in [0, 0.1) is 0 Å². The second-order valence-corrected chi connectivity index (χ2v) is 4.38. The minimum atomic E-state index is -4.51. The van der Waals surface area contributed by atoms with Gasteiger partial charge in [0.25, 0.3) is 0 Å². The normalized spacial score (nSPS) is 11.4. The van der Waals surface area contributed by atoms with Crippen molar-refractivity contribution in [3.63, 3.8) is 0 Å². The van der Waals surface area contributed by atoms with Gasteiger partial charge in [-0.05, 0) is 18.2 Å². The fourth-order valence-electron chi connectivity index (χ4n) is 1.41.